The molecule has 1 amide bonds. The Hall–Kier alpha value is -2.13. The molecule has 0 radical (unpaired) electrons. The number of carbonyl (C=O) groups is 3. The van der Waals surface area contributed by atoms with Crippen LogP contribution < -0.4 is 0 Å². The van der Waals surface area contributed by atoms with Crippen molar-refractivity contribution in [2.24, 2.45) is 0 Å². The van der Waals surface area contributed by atoms with Gasteiger partial charge in [0.1, 0.15) is 0 Å². The minimum atomic E-state index is -1.26. The molecule has 0 saturated carbocycles. The summed E-state index contributed by atoms with van der Waals surface area (Å²) in [4.78, 5) is 36.3. The van der Waals surface area contributed by atoms with Gasteiger partial charge in [-0.15, -0.1) is 0 Å². The van der Waals surface area contributed by atoms with E-state index >= 15 is 0 Å². The molecule has 3 rings (SSSR count). The molecule has 2 saturated heterocycles. The highest BCUT2D eigenvalue weighted by molar-refractivity contribution is 6.42. The predicted molar refractivity (Wildman–Crippen MR) is 121 cm³/mol. The van der Waals surface area contributed by atoms with Crippen molar-refractivity contribution in [3.63, 3.8) is 0 Å². The molecule has 0 aliphatic carbocycles. The van der Waals surface area contributed by atoms with Crippen LogP contribution in [-0.2, 0) is 20.8 Å². The van der Waals surface area contributed by atoms with E-state index in [1.54, 1.807) is 12.1 Å². The van der Waals surface area contributed by atoms with Crippen molar-refractivity contribution in [3.8, 4) is 0 Å². The topological polar surface area (TPSA) is 118 Å². The van der Waals surface area contributed by atoms with Crippen molar-refractivity contribution in [2.45, 2.75) is 44.2 Å². The van der Waals surface area contributed by atoms with E-state index in [-0.39, 0.29) is 18.1 Å². The second-order valence-electron chi connectivity index (χ2n) is 7.86. The van der Waals surface area contributed by atoms with Crippen molar-refractivity contribution in [2.75, 3.05) is 26.2 Å². The SMILES string of the molecule is O=C(Cc1ccc(Cl)c(Cl)c1)N1CCC(O)CC1CN1CCCC1.O=C(O)C=CC(=O)O. The molecule has 2 atom stereocenters. The third kappa shape index (κ3) is 8.78. The number of hydrogen-bond donors (Lipinski definition) is 3. The number of likely N-dealkylation sites (tertiary alicyclic amines) is 2. The fraction of sp³-hybridized carbons (Fsp3) is 0.500. The Morgan fingerprint density at radius 1 is 1.00 bits per heavy atom. The largest absolute Gasteiger partial charge is 0.478 e. The third-order valence-electron chi connectivity index (χ3n) is 5.38. The molecule has 1 aromatic rings. The van der Waals surface area contributed by atoms with E-state index in [0.717, 1.165) is 25.2 Å². The molecule has 0 spiro atoms. The molecular formula is C22H28Cl2N2O6. The third-order valence-corrected chi connectivity index (χ3v) is 6.12. The molecule has 2 heterocycles. The number of carbonyl (C=O) groups excluding carboxylic acids is 1. The molecule has 0 bridgehead atoms. The first-order valence-corrected chi connectivity index (χ1v) is 11.2. The fourth-order valence-electron chi connectivity index (χ4n) is 3.86. The maximum atomic E-state index is 12.8. The van der Waals surface area contributed by atoms with E-state index in [2.05, 4.69) is 4.90 Å². The highest BCUT2D eigenvalue weighted by atomic mass is 35.5. The highest BCUT2D eigenvalue weighted by Crippen LogP contribution is 2.25. The molecule has 32 heavy (non-hydrogen) atoms. The van der Waals surface area contributed by atoms with Gasteiger partial charge in [-0.2, -0.15) is 0 Å². The Kier molecular flexibility index (Phi) is 10.4. The Bertz CT molecular complexity index is 826. The average Bonchev–Trinajstić information content (AvgIpc) is 3.23. The number of nitrogens with zero attached hydrogens (tertiary/aromatic N) is 2. The molecule has 0 aromatic heterocycles. The molecule has 3 N–H and O–H groups in total. The van der Waals surface area contributed by atoms with Crippen LogP contribution in [0, 0.1) is 0 Å². The lowest BCUT2D eigenvalue weighted by atomic mass is 9.97. The van der Waals surface area contributed by atoms with Gasteiger partial charge in [-0.3, -0.25) is 4.79 Å². The van der Waals surface area contributed by atoms with Gasteiger partial charge < -0.3 is 25.1 Å². The number of hydrogen-bond acceptors (Lipinski definition) is 5. The molecule has 2 fully saturated rings. The van der Waals surface area contributed by atoms with Gasteiger partial charge in [0, 0.05) is 31.3 Å². The first kappa shape index (κ1) is 26.1. The standard InChI is InChI=1S/C18H24Cl2N2O2.C4H4O4/c19-16-4-3-13(9-17(16)20)10-18(24)22-8-5-15(23)11-14(22)12-21-6-1-2-7-21;5-3(6)1-2-4(7)8/h3-4,9,14-15,23H,1-2,5-8,10-12H2;1-2H,(H,5,6)(H,7,8). The van der Waals surface area contributed by atoms with Crippen LogP contribution in [0.3, 0.4) is 0 Å². The maximum Gasteiger partial charge on any atom is 0.328 e. The van der Waals surface area contributed by atoms with E-state index in [0.29, 0.717) is 48.0 Å². The van der Waals surface area contributed by atoms with Gasteiger partial charge in [-0.25, -0.2) is 9.59 Å². The Morgan fingerprint density at radius 2 is 1.62 bits per heavy atom. The van der Waals surface area contributed by atoms with Crippen molar-refractivity contribution < 1.29 is 29.7 Å². The minimum absolute atomic E-state index is 0.0992. The molecular weight excluding hydrogens is 459 g/mol. The first-order chi connectivity index (χ1) is 15.2. The summed E-state index contributed by atoms with van der Waals surface area (Å²) in [7, 11) is 0. The van der Waals surface area contributed by atoms with Crippen molar-refractivity contribution in [1.29, 1.82) is 0 Å². The minimum Gasteiger partial charge on any atom is -0.478 e. The number of aliphatic carboxylic acids is 2. The number of carboxylic acid groups (broad SMARTS) is 2. The van der Waals surface area contributed by atoms with Gasteiger partial charge in [0.15, 0.2) is 0 Å². The molecule has 2 unspecified atom stereocenters. The summed E-state index contributed by atoms with van der Waals surface area (Å²) < 4.78 is 0. The monoisotopic (exact) mass is 486 g/mol. The van der Waals surface area contributed by atoms with Gasteiger partial charge in [0.2, 0.25) is 5.91 Å². The number of benzene rings is 1. The van der Waals surface area contributed by atoms with E-state index in [1.807, 2.05) is 11.0 Å². The van der Waals surface area contributed by atoms with Gasteiger partial charge in [0.05, 0.1) is 22.6 Å². The second-order valence-corrected chi connectivity index (χ2v) is 8.68. The lowest BCUT2D eigenvalue weighted by Crippen LogP contribution is -2.52. The van der Waals surface area contributed by atoms with Gasteiger partial charge >= 0.3 is 11.9 Å². The Morgan fingerprint density at radius 3 is 2.19 bits per heavy atom. The summed E-state index contributed by atoms with van der Waals surface area (Å²) in [6.07, 6.45) is 4.92. The number of halogens is 2. The Labute approximate surface area is 197 Å². The maximum absolute atomic E-state index is 12.8. The number of aliphatic hydroxyl groups excluding tert-OH is 1. The molecule has 2 aliphatic rings. The summed E-state index contributed by atoms with van der Waals surface area (Å²) in [5, 5.41) is 26.6. The summed E-state index contributed by atoms with van der Waals surface area (Å²) in [5.41, 5.74) is 0.875. The van der Waals surface area contributed by atoms with Gasteiger partial charge in [-0.05, 0) is 56.5 Å². The summed E-state index contributed by atoms with van der Waals surface area (Å²) in [6, 6.07) is 5.44. The lowest BCUT2D eigenvalue weighted by molar-refractivity contribution is -0.136. The summed E-state index contributed by atoms with van der Waals surface area (Å²) in [6.45, 7) is 3.69. The van der Waals surface area contributed by atoms with Crippen LogP contribution >= 0.6 is 23.2 Å². The number of aliphatic hydroxyl groups is 1. The smallest absolute Gasteiger partial charge is 0.328 e. The quantitative estimate of drug-likeness (QED) is 0.528. The van der Waals surface area contributed by atoms with E-state index < -0.39 is 11.9 Å². The van der Waals surface area contributed by atoms with Crippen LogP contribution in [0.5, 0.6) is 0 Å². The highest BCUT2D eigenvalue weighted by Gasteiger charge is 2.32. The predicted octanol–water partition coefficient (Wildman–Crippen LogP) is 2.70. The zero-order valence-electron chi connectivity index (χ0n) is 17.6. The number of amides is 1. The van der Waals surface area contributed by atoms with Crippen molar-refractivity contribution >= 4 is 41.0 Å². The summed E-state index contributed by atoms with van der Waals surface area (Å²) in [5.74, 6) is -2.41. The Balaban J connectivity index is 0.000000390. The summed E-state index contributed by atoms with van der Waals surface area (Å²) >= 11 is 12.0. The van der Waals surface area contributed by atoms with E-state index in [4.69, 9.17) is 33.4 Å². The van der Waals surface area contributed by atoms with Crippen LogP contribution in [0.15, 0.2) is 30.4 Å². The number of carboxylic acids is 2. The normalized spacial score (nSPS) is 21.3. The molecule has 1 aromatic carbocycles. The lowest BCUT2D eigenvalue weighted by Gasteiger charge is -2.40. The van der Waals surface area contributed by atoms with Gasteiger partial charge in [-0.1, -0.05) is 29.3 Å². The van der Waals surface area contributed by atoms with Crippen molar-refractivity contribution in [3.05, 3.63) is 46.0 Å². The van der Waals surface area contributed by atoms with Crippen LogP contribution in [0.1, 0.15) is 31.2 Å². The molecule has 8 nitrogen and oxygen atoms in total. The van der Waals surface area contributed by atoms with E-state index in [9.17, 15) is 19.5 Å². The average molecular weight is 487 g/mol. The van der Waals surface area contributed by atoms with Gasteiger partial charge in [0.25, 0.3) is 0 Å². The molecule has 2 aliphatic heterocycles. The van der Waals surface area contributed by atoms with Crippen LogP contribution in [-0.4, -0.2) is 81.3 Å². The van der Waals surface area contributed by atoms with E-state index in [1.165, 1.54) is 12.8 Å². The fourth-order valence-corrected chi connectivity index (χ4v) is 4.18. The van der Waals surface area contributed by atoms with Crippen molar-refractivity contribution in [1.82, 2.24) is 9.80 Å². The molecule has 10 heteroatoms. The second kappa shape index (κ2) is 12.8. The molecule has 176 valence electrons. The zero-order chi connectivity index (χ0) is 23.7. The van der Waals surface area contributed by atoms with Crippen LogP contribution in [0.4, 0.5) is 0 Å². The first-order valence-electron chi connectivity index (χ1n) is 10.4. The number of piperidine rings is 1. The zero-order valence-corrected chi connectivity index (χ0v) is 19.1. The van der Waals surface area contributed by atoms with Crippen LogP contribution in [0.2, 0.25) is 10.0 Å². The van der Waals surface area contributed by atoms with Crippen LogP contribution in [0.25, 0.3) is 0 Å². The number of rotatable bonds is 6.